The van der Waals surface area contributed by atoms with Crippen molar-refractivity contribution in [2.75, 3.05) is 3.82 Å². The second-order valence-corrected chi connectivity index (χ2v) is 7.58. The minimum Gasteiger partial charge on any atom is -0.218 e. The summed E-state index contributed by atoms with van der Waals surface area (Å²) in [6.45, 7) is 0. The van der Waals surface area contributed by atoms with E-state index >= 15 is 0 Å². The molecular weight excluding hydrogens is 340 g/mol. The average molecular weight is 351 g/mol. The summed E-state index contributed by atoms with van der Waals surface area (Å²) in [5, 5.41) is 1.99. The Kier molecular flexibility index (Phi) is 4.15. The number of anilines is 1. The lowest BCUT2D eigenvalue weighted by atomic mass is 10.2. The van der Waals surface area contributed by atoms with Gasteiger partial charge in [-0.15, -0.1) is 15.2 Å². The van der Waals surface area contributed by atoms with E-state index in [1.807, 2.05) is 30.3 Å². The van der Waals surface area contributed by atoms with Crippen molar-refractivity contribution in [1.82, 2.24) is 4.98 Å². The highest BCUT2D eigenvalue weighted by molar-refractivity contribution is 7.94. The lowest BCUT2D eigenvalue weighted by Crippen LogP contribution is -2.21. The van der Waals surface area contributed by atoms with Crippen LogP contribution in [0.3, 0.4) is 0 Å². The number of halogens is 1. The molecule has 7 heteroatoms. The normalized spacial score (nSPS) is 11.3. The SMILES string of the molecule is O=S(=O)(c1ccccc1)N(Cl)c1nc(-c2ccccc2)cs1. The van der Waals surface area contributed by atoms with E-state index in [9.17, 15) is 8.42 Å². The largest absolute Gasteiger partial charge is 0.280 e. The first-order valence-corrected chi connectivity index (χ1v) is 9.02. The minimum atomic E-state index is -3.81. The molecule has 3 aromatic rings. The number of hydrogen-bond acceptors (Lipinski definition) is 4. The Morgan fingerprint density at radius 1 is 0.955 bits per heavy atom. The quantitative estimate of drug-likeness (QED) is 0.664. The molecule has 1 heterocycles. The van der Waals surface area contributed by atoms with Crippen LogP contribution in [0, 0.1) is 0 Å². The zero-order valence-electron chi connectivity index (χ0n) is 11.3. The molecular formula is C15H11ClN2O2S2. The minimum absolute atomic E-state index is 0.126. The van der Waals surface area contributed by atoms with Gasteiger partial charge in [-0.3, -0.25) is 0 Å². The maximum atomic E-state index is 12.4. The molecule has 0 fully saturated rings. The smallest absolute Gasteiger partial charge is 0.218 e. The Morgan fingerprint density at radius 2 is 1.55 bits per heavy atom. The third kappa shape index (κ3) is 2.85. The van der Waals surface area contributed by atoms with Gasteiger partial charge in [-0.1, -0.05) is 48.5 Å². The zero-order chi connectivity index (χ0) is 15.6. The lowest BCUT2D eigenvalue weighted by Gasteiger charge is -2.12. The molecule has 112 valence electrons. The molecule has 2 aromatic carbocycles. The second kappa shape index (κ2) is 6.08. The van der Waals surface area contributed by atoms with Crippen LogP contribution in [0.1, 0.15) is 0 Å². The van der Waals surface area contributed by atoms with Gasteiger partial charge in [-0.2, -0.15) is 8.42 Å². The van der Waals surface area contributed by atoms with E-state index < -0.39 is 10.0 Å². The molecule has 22 heavy (non-hydrogen) atoms. The monoisotopic (exact) mass is 350 g/mol. The highest BCUT2D eigenvalue weighted by Gasteiger charge is 2.25. The number of nitrogens with zero attached hydrogens (tertiary/aromatic N) is 2. The van der Waals surface area contributed by atoms with Gasteiger partial charge in [0.05, 0.1) is 10.6 Å². The molecule has 0 N–H and O–H groups in total. The van der Waals surface area contributed by atoms with Crippen LogP contribution in [0.4, 0.5) is 5.13 Å². The molecule has 0 spiro atoms. The van der Waals surface area contributed by atoms with Gasteiger partial charge >= 0.3 is 0 Å². The van der Waals surface area contributed by atoms with E-state index in [1.54, 1.807) is 23.6 Å². The Balaban J connectivity index is 1.94. The van der Waals surface area contributed by atoms with Gasteiger partial charge in [-0.05, 0) is 12.1 Å². The Bertz CT molecular complexity index is 865. The van der Waals surface area contributed by atoms with Crippen molar-refractivity contribution in [3.05, 3.63) is 66.0 Å². The Hall–Kier alpha value is -1.89. The summed E-state index contributed by atoms with van der Waals surface area (Å²) in [5.74, 6) is 0. The fraction of sp³-hybridized carbons (Fsp3) is 0. The van der Waals surface area contributed by atoms with Gasteiger partial charge < -0.3 is 0 Å². The molecule has 1 aromatic heterocycles. The molecule has 0 aliphatic rings. The lowest BCUT2D eigenvalue weighted by molar-refractivity contribution is 0.598. The fourth-order valence-corrected chi connectivity index (χ4v) is 4.27. The number of rotatable bonds is 4. The highest BCUT2D eigenvalue weighted by atomic mass is 35.5. The highest BCUT2D eigenvalue weighted by Crippen LogP contribution is 2.32. The third-order valence-corrected chi connectivity index (χ3v) is 6.17. The van der Waals surface area contributed by atoms with Crippen molar-refractivity contribution in [2.45, 2.75) is 4.90 Å². The van der Waals surface area contributed by atoms with Crippen LogP contribution in [0.5, 0.6) is 0 Å². The molecule has 0 aliphatic heterocycles. The summed E-state index contributed by atoms with van der Waals surface area (Å²) < 4.78 is 25.6. The van der Waals surface area contributed by atoms with E-state index in [0.717, 1.165) is 5.56 Å². The molecule has 0 radical (unpaired) electrons. The maximum Gasteiger partial charge on any atom is 0.280 e. The van der Waals surface area contributed by atoms with E-state index in [4.69, 9.17) is 11.8 Å². The van der Waals surface area contributed by atoms with Crippen LogP contribution in [0.25, 0.3) is 11.3 Å². The molecule has 0 unspecified atom stereocenters. The van der Waals surface area contributed by atoms with Crippen LogP contribution >= 0.6 is 23.1 Å². The molecule has 3 rings (SSSR count). The third-order valence-electron chi connectivity index (χ3n) is 2.96. The summed E-state index contributed by atoms with van der Waals surface area (Å²) in [4.78, 5) is 4.43. The topological polar surface area (TPSA) is 50.3 Å². The fourth-order valence-electron chi connectivity index (χ4n) is 1.87. The van der Waals surface area contributed by atoms with Gasteiger partial charge in [0.25, 0.3) is 10.0 Å². The number of aromatic nitrogens is 1. The molecule has 0 atom stereocenters. The van der Waals surface area contributed by atoms with E-state index in [0.29, 0.717) is 9.52 Å². The number of hydrogen-bond donors (Lipinski definition) is 0. The van der Waals surface area contributed by atoms with Gasteiger partial charge in [0, 0.05) is 22.7 Å². The van der Waals surface area contributed by atoms with Crippen LogP contribution in [-0.4, -0.2) is 13.4 Å². The predicted molar refractivity (Wildman–Crippen MR) is 89.5 cm³/mol. The first kappa shape index (κ1) is 15.0. The summed E-state index contributed by atoms with van der Waals surface area (Å²) in [7, 11) is -3.81. The molecule has 0 bridgehead atoms. The summed E-state index contributed by atoms with van der Waals surface area (Å²) >= 11 is 7.20. The molecule has 0 amide bonds. The maximum absolute atomic E-state index is 12.4. The average Bonchev–Trinajstić information content (AvgIpc) is 3.05. The standard InChI is InChI=1S/C15H11ClN2O2S2/c16-18(22(19,20)13-9-5-2-6-10-13)15-17-14(11-21-15)12-7-3-1-4-8-12/h1-11H. The Morgan fingerprint density at radius 3 is 2.18 bits per heavy atom. The predicted octanol–water partition coefficient (Wildman–Crippen LogP) is 4.16. The first-order valence-electron chi connectivity index (χ1n) is 6.36. The van der Waals surface area contributed by atoms with Crippen molar-refractivity contribution in [1.29, 1.82) is 0 Å². The number of sulfonamides is 1. The van der Waals surface area contributed by atoms with Gasteiger partial charge in [0.15, 0.2) is 0 Å². The summed E-state index contributed by atoms with van der Waals surface area (Å²) in [6.07, 6.45) is 0. The number of thiazole rings is 1. The molecule has 0 saturated heterocycles. The van der Waals surface area contributed by atoms with Crippen LogP contribution < -0.4 is 3.82 Å². The van der Waals surface area contributed by atoms with E-state index in [-0.39, 0.29) is 10.0 Å². The molecule has 0 saturated carbocycles. The summed E-state index contributed by atoms with van der Waals surface area (Å²) in [5.41, 5.74) is 1.60. The van der Waals surface area contributed by atoms with Crippen molar-refractivity contribution >= 4 is 38.3 Å². The zero-order valence-corrected chi connectivity index (χ0v) is 13.6. The molecule has 4 nitrogen and oxygen atoms in total. The molecule has 0 aliphatic carbocycles. The first-order chi connectivity index (χ1) is 10.6. The van der Waals surface area contributed by atoms with Crippen molar-refractivity contribution in [3.8, 4) is 11.3 Å². The van der Waals surface area contributed by atoms with Gasteiger partial charge in [0.2, 0.25) is 5.13 Å². The van der Waals surface area contributed by atoms with Crippen molar-refractivity contribution in [3.63, 3.8) is 0 Å². The van der Waals surface area contributed by atoms with Crippen LogP contribution in [-0.2, 0) is 10.0 Å². The van der Waals surface area contributed by atoms with E-state index in [2.05, 4.69) is 4.98 Å². The van der Waals surface area contributed by atoms with Gasteiger partial charge in [-0.25, -0.2) is 4.98 Å². The van der Waals surface area contributed by atoms with Crippen LogP contribution in [0.2, 0.25) is 0 Å². The van der Waals surface area contributed by atoms with Crippen LogP contribution in [0.15, 0.2) is 70.9 Å². The summed E-state index contributed by atoms with van der Waals surface area (Å²) in [6, 6.07) is 17.5. The van der Waals surface area contributed by atoms with E-state index in [1.165, 1.54) is 23.5 Å². The van der Waals surface area contributed by atoms with Crippen molar-refractivity contribution in [2.24, 2.45) is 0 Å². The second-order valence-electron chi connectivity index (χ2n) is 4.41. The van der Waals surface area contributed by atoms with Gasteiger partial charge in [0.1, 0.15) is 0 Å². The Labute approximate surface area is 137 Å². The van der Waals surface area contributed by atoms with Crippen molar-refractivity contribution < 1.29 is 8.42 Å². The number of benzene rings is 2.